The minimum atomic E-state index is 0. The van der Waals surface area contributed by atoms with E-state index in [9.17, 15) is 0 Å². The van der Waals surface area contributed by atoms with Crippen LogP contribution >= 0.6 is 35.7 Å². The van der Waals surface area contributed by atoms with Crippen LogP contribution in [0.5, 0.6) is 0 Å². The summed E-state index contributed by atoms with van der Waals surface area (Å²) in [5.41, 5.74) is 0.273. The number of nitrogens with zero attached hydrogens (tertiary/aromatic N) is 2. The van der Waals surface area contributed by atoms with Crippen molar-refractivity contribution in [2.45, 2.75) is 38.1 Å². The molecule has 0 radical (unpaired) electrons. The Hall–Kier alpha value is 0.270. The Morgan fingerprint density at radius 1 is 1.26 bits per heavy atom. The first-order valence-corrected chi connectivity index (χ1v) is 9.81. The lowest BCUT2D eigenvalue weighted by molar-refractivity contribution is -0.0120. The molecule has 0 aromatic carbocycles. The van der Waals surface area contributed by atoms with Gasteiger partial charge < -0.3 is 15.4 Å². The van der Waals surface area contributed by atoms with Gasteiger partial charge in [-0.1, -0.05) is 19.8 Å². The highest BCUT2D eigenvalue weighted by Crippen LogP contribution is 2.33. The van der Waals surface area contributed by atoms with Crippen LogP contribution in [0, 0.1) is 0 Å². The van der Waals surface area contributed by atoms with Gasteiger partial charge in [-0.25, -0.2) is 0 Å². The lowest BCUT2D eigenvalue weighted by Gasteiger charge is -2.43. The average molecular weight is 456 g/mol. The second kappa shape index (κ2) is 11.8. The Balaban J connectivity index is 0.00000264. The van der Waals surface area contributed by atoms with Crippen molar-refractivity contribution in [3.05, 3.63) is 0 Å². The molecule has 136 valence electrons. The lowest BCUT2D eigenvalue weighted by Crippen LogP contribution is -2.60. The van der Waals surface area contributed by atoms with Crippen molar-refractivity contribution >= 4 is 41.7 Å². The quantitative estimate of drug-likeness (QED) is 0.266. The maximum absolute atomic E-state index is 5.52. The normalized spacial score (nSPS) is 25.9. The van der Waals surface area contributed by atoms with Crippen molar-refractivity contribution in [3.63, 3.8) is 0 Å². The largest absolute Gasteiger partial charge is 0.379 e. The minimum Gasteiger partial charge on any atom is -0.379 e. The lowest BCUT2D eigenvalue weighted by atomic mass is 9.95. The first kappa shape index (κ1) is 21.3. The fourth-order valence-electron chi connectivity index (χ4n) is 3.19. The van der Waals surface area contributed by atoms with Crippen LogP contribution in [0.1, 0.15) is 32.6 Å². The number of aliphatic imine (C=N–C) groups is 1. The van der Waals surface area contributed by atoms with Gasteiger partial charge in [0.2, 0.25) is 0 Å². The predicted octanol–water partition coefficient (Wildman–Crippen LogP) is 2.17. The summed E-state index contributed by atoms with van der Waals surface area (Å²) >= 11 is 2.08. The number of hydrogen-bond acceptors (Lipinski definition) is 4. The number of hydrogen-bond donors (Lipinski definition) is 2. The molecule has 5 nitrogen and oxygen atoms in total. The Bertz CT molecular complexity index is 345. The molecule has 1 unspecified atom stereocenters. The molecular formula is C16H33IN4OS. The summed E-state index contributed by atoms with van der Waals surface area (Å²) in [4.78, 5) is 7.00. The van der Waals surface area contributed by atoms with Crippen LogP contribution in [-0.2, 0) is 4.74 Å². The van der Waals surface area contributed by atoms with E-state index in [1.54, 1.807) is 0 Å². The zero-order chi connectivity index (χ0) is 15.7. The van der Waals surface area contributed by atoms with Crippen LogP contribution in [0.15, 0.2) is 4.99 Å². The molecule has 0 bridgehead atoms. The average Bonchev–Trinajstić information content (AvgIpc) is 3.05. The molecule has 0 aromatic heterocycles. The van der Waals surface area contributed by atoms with Gasteiger partial charge in [-0.05, 0) is 18.6 Å². The van der Waals surface area contributed by atoms with Gasteiger partial charge in [-0.2, -0.15) is 11.8 Å². The van der Waals surface area contributed by atoms with Crippen molar-refractivity contribution in [2.24, 2.45) is 4.99 Å². The summed E-state index contributed by atoms with van der Waals surface area (Å²) in [5.74, 6) is 3.43. The SMILES string of the molecule is CCCCCNC(=NC)NCC1(N2CCOCC2)CCSC1.I. The molecule has 0 amide bonds. The van der Waals surface area contributed by atoms with E-state index < -0.39 is 0 Å². The first-order chi connectivity index (χ1) is 10.8. The van der Waals surface area contributed by atoms with Gasteiger partial charge in [0, 0.05) is 44.5 Å². The van der Waals surface area contributed by atoms with Crippen molar-refractivity contribution in [1.82, 2.24) is 15.5 Å². The zero-order valence-electron chi connectivity index (χ0n) is 14.6. The van der Waals surface area contributed by atoms with E-state index in [1.807, 2.05) is 7.05 Å². The number of ether oxygens (including phenoxy) is 1. The molecule has 2 saturated heterocycles. The summed E-state index contributed by atoms with van der Waals surface area (Å²) in [6, 6.07) is 0. The topological polar surface area (TPSA) is 48.9 Å². The Morgan fingerprint density at radius 2 is 2.04 bits per heavy atom. The zero-order valence-corrected chi connectivity index (χ0v) is 17.8. The van der Waals surface area contributed by atoms with E-state index in [-0.39, 0.29) is 29.5 Å². The standard InChI is InChI=1S/C16H32N4OS.HI/c1-3-4-5-7-18-15(17-2)19-13-16(6-12-22-14-16)20-8-10-21-11-9-20;/h3-14H2,1-2H3,(H2,17,18,19);1H. The fourth-order valence-corrected chi connectivity index (χ4v) is 4.66. The van der Waals surface area contributed by atoms with Gasteiger partial charge >= 0.3 is 0 Å². The molecule has 23 heavy (non-hydrogen) atoms. The molecule has 2 heterocycles. The van der Waals surface area contributed by atoms with E-state index >= 15 is 0 Å². The molecule has 2 aliphatic rings. The van der Waals surface area contributed by atoms with E-state index in [2.05, 4.69) is 39.2 Å². The highest BCUT2D eigenvalue weighted by Gasteiger charge is 2.40. The summed E-state index contributed by atoms with van der Waals surface area (Å²) < 4.78 is 5.52. The maximum atomic E-state index is 5.52. The van der Waals surface area contributed by atoms with Crippen LogP contribution in [0.3, 0.4) is 0 Å². The summed E-state index contributed by atoms with van der Waals surface area (Å²) in [6.45, 7) is 8.08. The number of guanidine groups is 1. The van der Waals surface area contributed by atoms with Crippen molar-refractivity contribution in [2.75, 3.05) is 57.9 Å². The molecular weight excluding hydrogens is 423 g/mol. The fraction of sp³-hybridized carbons (Fsp3) is 0.938. The molecule has 2 aliphatic heterocycles. The third kappa shape index (κ3) is 6.59. The van der Waals surface area contributed by atoms with Crippen LogP contribution in [0.2, 0.25) is 0 Å². The van der Waals surface area contributed by atoms with E-state index in [0.29, 0.717) is 0 Å². The highest BCUT2D eigenvalue weighted by molar-refractivity contribution is 14.0. The third-order valence-electron chi connectivity index (χ3n) is 4.65. The Labute approximate surface area is 162 Å². The second-order valence-corrected chi connectivity index (χ2v) is 7.29. The van der Waals surface area contributed by atoms with Gasteiger partial charge in [0.15, 0.2) is 5.96 Å². The van der Waals surface area contributed by atoms with Gasteiger partial charge in [0.05, 0.1) is 13.2 Å². The number of unbranched alkanes of at least 4 members (excludes halogenated alkanes) is 2. The highest BCUT2D eigenvalue weighted by atomic mass is 127. The van der Waals surface area contributed by atoms with Crippen molar-refractivity contribution < 1.29 is 4.74 Å². The monoisotopic (exact) mass is 456 g/mol. The molecule has 2 fully saturated rings. The van der Waals surface area contributed by atoms with Crippen LogP contribution in [0.4, 0.5) is 0 Å². The van der Waals surface area contributed by atoms with E-state index in [0.717, 1.165) is 45.4 Å². The summed E-state index contributed by atoms with van der Waals surface area (Å²) in [5, 5.41) is 7.01. The number of rotatable bonds is 7. The number of morpholine rings is 1. The van der Waals surface area contributed by atoms with E-state index in [1.165, 1.54) is 37.2 Å². The molecule has 0 saturated carbocycles. The summed E-state index contributed by atoms with van der Waals surface area (Å²) in [7, 11) is 1.86. The molecule has 0 aromatic rings. The first-order valence-electron chi connectivity index (χ1n) is 8.66. The molecule has 2 N–H and O–H groups in total. The molecule has 2 rings (SSSR count). The van der Waals surface area contributed by atoms with Crippen molar-refractivity contribution in [1.29, 1.82) is 0 Å². The maximum Gasteiger partial charge on any atom is 0.191 e. The van der Waals surface area contributed by atoms with Crippen LogP contribution in [-0.4, -0.2) is 74.3 Å². The molecule has 1 atom stereocenters. The van der Waals surface area contributed by atoms with Gasteiger partial charge in [0.1, 0.15) is 0 Å². The van der Waals surface area contributed by atoms with Gasteiger partial charge in [-0.3, -0.25) is 9.89 Å². The van der Waals surface area contributed by atoms with Crippen molar-refractivity contribution in [3.8, 4) is 0 Å². The predicted molar refractivity (Wildman–Crippen MR) is 111 cm³/mol. The molecule has 0 aliphatic carbocycles. The minimum absolute atomic E-state index is 0. The van der Waals surface area contributed by atoms with Gasteiger partial charge in [0.25, 0.3) is 0 Å². The number of halogens is 1. The molecule has 7 heteroatoms. The Kier molecular flexibility index (Phi) is 10.9. The third-order valence-corrected chi connectivity index (χ3v) is 5.88. The van der Waals surface area contributed by atoms with Crippen LogP contribution < -0.4 is 10.6 Å². The molecule has 0 spiro atoms. The summed E-state index contributed by atoms with van der Waals surface area (Å²) in [6.07, 6.45) is 5.00. The Morgan fingerprint density at radius 3 is 2.65 bits per heavy atom. The van der Waals surface area contributed by atoms with E-state index in [4.69, 9.17) is 4.74 Å². The second-order valence-electron chi connectivity index (χ2n) is 6.19. The van der Waals surface area contributed by atoms with Crippen LogP contribution in [0.25, 0.3) is 0 Å². The number of nitrogens with one attached hydrogen (secondary N) is 2. The number of thioether (sulfide) groups is 1. The van der Waals surface area contributed by atoms with Gasteiger partial charge in [-0.15, -0.1) is 24.0 Å². The smallest absolute Gasteiger partial charge is 0.191 e.